The molecule has 0 fully saturated rings. The van der Waals surface area contributed by atoms with Crippen molar-refractivity contribution in [2.45, 2.75) is 25.4 Å². The first-order valence-corrected chi connectivity index (χ1v) is 8.96. The van der Waals surface area contributed by atoms with E-state index in [1.165, 1.54) is 11.8 Å². The molecule has 1 aromatic heterocycles. The second-order valence-electron chi connectivity index (χ2n) is 5.68. The maximum Gasteiger partial charge on any atom is 0.225 e. The van der Waals surface area contributed by atoms with Crippen LogP contribution in [0.15, 0.2) is 53.7 Å². The van der Waals surface area contributed by atoms with Crippen LogP contribution in [0.3, 0.4) is 0 Å². The summed E-state index contributed by atoms with van der Waals surface area (Å²) >= 11 is 1.47. The lowest BCUT2D eigenvalue weighted by Crippen LogP contribution is -2.12. The molecule has 0 atom stereocenters. The fourth-order valence-electron chi connectivity index (χ4n) is 2.40. The van der Waals surface area contributed by atoms with Gasteiger partial charge in [0.25, 0.3) is 0 Å². The molecular weight excluding hydrogens is 334 g/mol. The van der Waals surface area contributed by atoms with Crippen molar-refractivity contribution in [1.82, 2.24) is 20.2 Å². The molecule has 0 radical (unpaired) electrons. The first kappa shape index (κ1) is 17.2. The van der Waals surface area contributed by atoms with E-state index in [0.29, 0.717) is 17.3 Å². The van der Waals surface area contributed by atoms with Crippen molar-refractivity contribution in [2.24, 2.45) is 0 Å². The minimum absolute atomic E-state index is 0.0204. The Labute approximate surface area is 150 Å². The van der Waals surface area contributed by atoms with Crippen molar-refractivity contribution >= 4 is 23.4 Å². The van der Waals surface area contributed by atoms with E-state index in [0.717, 1.165) is 22.5 Å². The summed E-state index contributed by atoms with van der Waals surface area (Å²) in [5, 5.41) is 15.5. The van der Waals surface area contributed by atoms with Gasteiger partial charge >= 0.3 is 0 Å². The van der Waals surface area contributed by atoms with Crippen LogP contribution in [0.4, 0.5) is 5.69 Å². The summed E-state index contributed by atoms with van der Waals surface area (Å²) in [6, 6.07) is 15.7. The van der Waals surface area contributed by atoms with Gasteiger partial charge in [-0.25, -0.2) is 0 Å². The predicted molar refractivity (Wildman–Crippen MR) is 99.0 cm³/mol. The number of nitrogens with one attached hydrogen (secondary N) is 1. The number of anilines is 1. The lowest BCUT2D eigenvalue weighted by Gasteiger charge is -2.07. The SMILES string of the molecule is Cc1cccc(NC(=O)CCSc2nnnn2-c2ccccc2C)c1. The number of hydrogen-bond donors (Lipinski definition) is 1. The van der Waals surface area contributed by atoms with Gasteiger partial charge in [0.1, 0.15) is 0 Å². The number of carbonyl (C=O) groups is 1. The van der Waals surface area contributed by atoms with E-state index in [1.54, 1.807) is 4.68 Å². The molecule has 3 aromatic rings. The van der Waals surface area contributed by atoms with Crippen LogP contribution >= 0.6 is 11.8 Å². The highest BCUT2D eigenvalue weighted by Gasteiger charge is 2.11. The van der Waals surface area contributed by atoms with Gasteiger partial charge in [-0.05, 0) is 53.6 Å². The average molecular weight is 353 g/mol. The number of amides is 1. The molecule has 128 valence electrons. The van der Waals surface area contributed by atoms with Gasteiger partial charge < -0.3 is 5.32 Å². The highest BCUT2D eigenvalue weighted by Crippen LogP contribution is 2.21. The molecule has 25 heavy (non-hydrogen) atoms. The first-order chi connectivity index (χ1) is 12.1. The number of aryl methyl sites for hydroxylation is 2. The van der Waals surface area contributed by atoms with Crippen molar-refractivity contribution in [2.75, 3.05) is 11.1 Å². The fourth-order valence-corrected chi connectivity index (χ4v) is 3.22. The number of thioether (sulfide) groups is 1. The molecule has 6 nitrogen and oxygen atoms in total. The topological polar surface area (TPSA) is 72.7 Å². The maximum atomic E-state index is 12.1. The molecule has 1 heterocycles. The summed E-state index contributed by atoms with van der Waals surface area (Å²) in [7, 11) is 0. The maximum absolute atomic E-state index is 12.1. The molecule has 0 aliphatic carbocycles. The normalized spacial score (nSPS) is 10.6. The Balaban J connectivity index is 1.57. The van der Waals surface area contributed by atoms with E-state index < -0.39 is 0 Å². The summed E-state index contributed by atoms with van der Waals surface area (Å²) in [5.74, 6) is 0.581. The Kier molecular flexibility index (Phi) is 5.45. The van der Waals surface area contributed by atoms with E-state index in [2.05, 4.69) is 20.8 Å². The van der Waals surface area contributed by atoms with Crippen LogP contribution in [0.2, 0.25) is 0 Å². The quantitative estimate of drug-likeness (QED) is 0.688. The number of aromatic nitrogens is 4. The third-order valence-corrected chi connectivity index (χ3v) is 4.57. The Bertz CT molecular complexity index is 877. The number of tetrazole rings is 1. The molecule has 0 aliphatic heterocycles. The molecule has 1 N–H and O–H groups in total. The third kappa shape index (κ3) is 4.45. The number of rotatable bonds is 6. The number of para-hydroxylation sites is 1. The standard InChI is InChI=1S/C18H19N5OS/c1-13-6-5-8-15(12-13)19-17(24)10-11-25-18-20-21-22-23(18)16-9-4-3-7-14(16)2/h3-9,12H,10-11H2,1-2H3,(H,19,24). The van der Waals surface area contributed by atoms with Crippen molar-refractivity contribution < 1.29 is 4.79 Å². The third-order valence-electron chi connectivity index (χ3n) is 3.65. The van der Waals surface area contributed by atoms with Gasteiger partial charge in [-0.2, -0.15) is 4.68 Å². The van der Waals surface area contributed by atoms with Gasteiger partial charge in [0, 0.05) is 17.9 Å². The van der Waals surface area contributed by atoms with E-state index in [-0.39, 0.29) is 5.91 Å². The first-order valence-electron chi connectivity index (χ1n) is 7.97. The van der Waals surface area contributed by atoms with E-state index >= 15 is 0 Å². The van der Waals surface area contributed by atoms with Gasteiger partial charge in [-0.3, -0.25) is 4.79 Å². The zero-order valence-corrected chi connectivity index (χ0v) is 15.0. The molecule has 0 saturated carbocycles. The van der Waals surface area contributed by atoms with Crippen LogP contribution in [-0.4, -0.2) is 31.9 Å². The van der Waals surface area contributed by atoms with Crippen LogP contribution in [-0.2, 0) is 4.79 Å². The number of hydrogen-bond acceptors (Lipinski definition) is 5. The predicted octanol–water partition coefficient (Wildman–Crippen LogP) is 3.40. The molecular formula is C18H19N5OS. The van der Waals surface area contributed by atoms with Crippen molar-refractivity contribution in [3.63, 3.8) is 0 Å². The lowest BCUT2D eigenvalue weighted by molar-refractivity contribution is -0.115. The second-order valence-corrected chi connectivity index (χ2v) is 6.74. The highest BCUT2D eigenvalue weighted by atomic mass is 32.2. The molecule has 0 unspecified atom stereocenters. The van der Waals surface area contributed by atoms with Gasteiger partial charge in [-0.1, -0.05) is 42.1 Å². The number of carbonyl (C=O) groups excluding carboxylic acids is 1. The highest BCUT2D eigenvalue weighted by molar-refractivity contribution is 7.99. The smallest absolute Gasteiger partial charge is 0.225 e. The molecule has 1 amide bonds. The minimum atomic E-state index is -0.0204. The molecule has 2 aromatic carbocycles. The van der Waals surface area contributed by atoms with Gasteiger partial charge in [0.05, 0.1) is 5.69 Å². The van der Waals surface area contributed by atoms with Gasteiger partial charge in [-0.15, -0.1) is 5.10 Å². The van der Waals surface area contributed by atoms with E-state index in [9.17, 15) is 4.79 Å². The summed E-state index contributed by atoms with van der Waals surface area (Å²) in [6.45, 7) is 4.01. The van der Waals surface area contributed by atoms with Crippen molar-refractivity contribution in [3.05, 3.63) is 59.7 Å². The van der Waals surface area contributed by atoms with Crippen LogP contribution in [0.25, 0.3) is 5.69 Å². The van der Waals surface area contributed by atoms with Crippen LogP contribution in [0.1, 0.15) is 17.5 Å². The number of nitrogens with zero attached hydrogens (tertiary/aromatic N) is 4. The largest absolute Gasteiger partial charge is 0.326 e. The monoisotopic (exact) mass is 353 g/mol. The lowest BCUT2D eigenvalue weighted by atomic mass is 10.2. The van der Waals surface area contributed by atoms with Gasteiger partial charge in [0.2, 0.25) is 11.1 Å². The second kappa shape index (κ2) is 7.94. The van der Waals surface area contributed by atoms with E-state index in [1.807, 2.05) is 62.4 Å². The zero-order valence-electron chi connectivity index (χ0n) is 14.1. The summed E-state index contributed by atoms with van der Waals surface area (Å²) in [6.07, 6.45) is 0.388. The van der Waals surface area contributed by atoms with Crippen LogP contribution in [0.5, 0.6) is 0 Å². The molecule has 0 saturated heterocycles. The molecule has 0 spiro atoms. The Morgan fingerprint density at radius 3 is 2.80 bits per heavy atom. The molecule has 3 rings (SSSR count). The van der Waals surface area contributed by atoms with Crippen LogP contribution in [0, 0.1) is 13.8 Å². The average Bonchev–Trinajstić information content (AvgIpc) is 3.03. The summed E-state index contributed by atoms with van der Waals surface area (Å²) < 4.78 is 1.71. The van der Waals surface area contributed by atoms with Crippen molar-refractivity contribution in [3.8, 4) is 5.69 Å². The molecule has 0 bridgehead atoms. The Morgan fingerprint density at radius 2 is 2.00 bits per heavy atom. The number of benzene rings is 2. The van der Waals surface area contributed by atoms with Gasteiger partial charge in [0.15, 0.2) is 0 Å². The Morgan fingerprint density at radius 1 is 1.16 bits per heavy atom. The van der Waals surface area contributed by atoms with Crippen LogP contribution < -0.4 is 5.32 Å². The fraction of sp³-hybridized carbons (Fsp3) is 0.222. The summed E-state index contributed by atoms with van der Waals surface area (Å²) in [4.78, 5) is 12.1. The van der Waals surface area contributed by atoms with Crippen molar-refractivity contribution in [1.29, 1.82) is 0 Å². The zero-order chi connectivity index (χ0) is 17.6. The molecule has 0 aliphatic rings. The summed E-state index contributed by atoms with van der Waals surface area (Å²) in [5.41, 5.74) is 3.97. The minimum Gasteiger partial charge on any atom is -0.326 e. The van der Waals surface area contributed by atoms with E-state index in [4.69, 9.17) is 0 Å². The Hall–Kier alpha value is -2.67. The molecule has 7 heteroatoms.